The molecule has 2 heterocycles. The summed E-state index contributed by atoms with van der Waals surface area (Å²) in [6.07, 6.45) is 4.38. The van der Waals surface area contributed by atoms with Crippen LogP contribution in [0.5, 0.6) is 0 Å². The number of nitrogens with zero attached hydrogens (tertiary/aromatic N) is 2. The minimum Gasteiger partial charge on any atom is -0.469 e. The van der Waals surface area contributed by atoms with Crippen molar-refractivity contribution in [2.75, 3.05) is 5.73 Å². The van der Waals surface area contributed by atoms with Crippen molar-refractivity contribution < 1.29 is 13.8 Å². The minimum atomic E-state index is -0.382. The van der Waals surface area contributed by atoms with E-state index < -0.39 is 0 Å². The molecule has 0 aromatic carbocycles. The van der Waals surface area contributed by atoms with Gasteiger partial charge in [0.25, 0.3) is 5.91 Å². The van der Waals surface area contributed by atoms with Crippen molar-refractivity contribution in [1.82, 2.24) is 15.6 Å². The molecule has 1 aliphatic rings. The molecular weight excluding hydrogens is 236 g/mol. The standard InChI is InChI=1S/C11H12N4O3/c12-10-9(14-18-15-10)11(16)13-7-2-1-3-8-6(7)4-5-17-8/h4-5,7H,1-3H2,(H2,12,15)(H,13,16). The first-order chi connectivity index (χ1) is 8.75. The SMILES string of the molecule is Nc1nonc1C(=O)NC1CCCc2occc21. The molecule has 0 bridgehead atoms. The highest BCUT2D eigenvalue weighted by Crippen LogP contribution is 2.30. The number of carbonyl (C=O) groups is 1. The Morgan fingerprint density at radius 3 is 3.17 bits per heavy atom. The molecule has 1 atom stereocenters. The zero-order chi connectivity index (χ0) is 12.5. The Bertz CT molecular complexity index is 574. The number of nitrogen functional groups attached to an aromatic ring is 1. The van der Waals surface area contributed by atoms with E-state index in [1.54, 1.807) is 6.26 Å². The van der Waals surface area contributed by atoms with Gasteiger partial charge in [-0.1, -0.05) is 0 Å². The van der Waals surface area contributed by atoms with Gasteiger partial charge in [0.05, 0.1) is 12.3 Å². The van der Waals surface area contributed by atoms with Crippen LogP contribution in [0, 0.1) is 0 Å². The van der Waals surface area contributed by atoms with Gasteiger partial charge in [0.1, 0.15) is 5.76 Å². The van der Waals surface area contributed by atoms with E-state index in [9.17, 15) is 4.79 Å². The van der Waals surface area contributed by atoms with E-state index in [1.165, 1.54) is 0 Å². The molecule has 18 heavy (non-hydrogen) atoms. The lowest BCUT2D eigenvalue weighted by Gasteiger charge is -2.22. The molecule has 7 nitrogen and oxygen atoms in total. The maximum Gasteiger partial charge on any atom is 0.277 e. The van der Waals surface area contributed by atoms with Crippen LogP contribution in [0.3, 0.4) is 0 Å². The van der Waals surface area contributed by atoms with Crippen molar-refractivity contribution in [1.29, 1.82) is 0 Å². The molecule has 1 aliphatic carbocycles. The summed E-state index contributed by atoms with van der Waals surface area (Å²) in [5.41, 5.74) is 6.51. The summed E-state index contributed by atoms with van der Waals surface area (Å²) in [7, 11) is 0. The Kier molecular flexibility index (Phi) is 2.51. The van der Waals surface area contributed by atoms with E-state index in [0.717, 1.165) is 30.6 Å². The van der Waals surface area contributed by atoms with Crippen LogP contribution in [-0.2, 0) is 6.42 Å². The van der Waals surface area contributed by atoms with Crippen LogP contribution in [0.15, 0.2) is 21.4 Å². The number of carbonyl (C=O) groups excluding carboxylic acids is 1. The molecule has 2 aromatic rings. The van der Waals surface area contributed by atoms with Gasteiger partial charge in [-0.25, -0.2) is 4.63 Å². The van der Waals surface area contributed by atoms with Crippen molar-refractivity contribution in [2.24, 2.45) is 0 Å². The summed E-state index contributed by atoms with van der Waals surface area (Å²) in [6, 6.07) is 1.81. The number of rotatable bonds is 2. The molecule has 7 heteroatoms. The van der Waals surface area contributed by atoms with Crippen molar-refractivity contribution in [3.8, 4) is 0 Å². The molecule has 0 saturated carbocycles. The maximum atomic E-state index is 11.9. The Balaban J connectivity index is 1.79. The second kappa shape index (κ2) is 4.17. The third kappa shape index (κ3) is 1.73. The predicted octanol–water partition coefficient (Wildman–Crippen LogP) is 1.05. The Hall–Kier alpha value is -2.31. The van der Waals surface area contributed by atoms with Gasteiger partial charge in [0.15, 0.2) is 0 Å². The Morgan fingerprint density at radius 2 is 2.39 bits per heavy atom. The summed E-state index contributed by atoms with van der Waals surface area (Å²) in [5.74, 6) is 0.543. The van der Waals surface area contributed by atoms with Crippen molar-refractivity contribution >= 4 is 11.7 Å². The second-order valence-corrected chi connectivity index (χ2v) is 4.22. The van der Waals surface area contributed by atoms with E-state index >= 15 is 0 Å². The van der Waals surface area contributed by atoms with Gasteiger partial charge in [-0.2, -0.15) is 0 Å². The maximum absolute atomic E-state index is 11.9. The molecule has 0 radical (unpaired) electrons. The monoisotopic (exact) mass is 248 g/mol. The number of aromatic nitrogens is 2. The largest absolute Gasteiger partial charge is 0.469 e. The third-order valence-corrected chi connectivity index (χ3v) is 3.09. The summed E-state index contributed by atoms with van der Waals surface area (Å²) >= 11 is 0. The van der Waals surface area contributed by atoms with Crippen LogP contribution in [0.4, 0.5) is 5.82 Å². The van der Waals surface area contributed by atoms with Crippen LogP contribution in [0.1, 0.15) is 40.7 Å². The summed E-state index contributed by atoms with van der Waals surface area (Å²) in [6.45, 7) is 0. The molecule has 0 aliphatic heterocycles. The molecule has 0 spiro atoms. The van der Waals surface area contributed by atoms with E-state index in [0.29, 0.717) is 0 Å². The topological polar surface area (TPSA) is 107 Å². The smallest absolute Gasteiger partial charge is 0.277 e. The van der Waals surface area contributed by atoms with Gasteiger partial charge in [0.2, 0.25) is 11.5 Å². The fourth-order valence-corrected chi connectivity index (χ4v) is 2.22. The summed E-state index contributed by atoms with van der Waals surface area (Å²) in [4.78, 5) is 11.9. The van der Waals surface area contributed by atoms with Crippen LogP contribution in [-0.4, -0.2) is 16.2 Å². The fourth-order valence-electron chi connectivity index (χ4n) is 2.22. The van der Waals surface area contributed by atoms with Crippen molar-refractivity contribution in [3.05, 3.63) is 29.3 Å². The molecule has 2 aromatic heterocycles. The number of anilines is 1. The number of aryl methyl sites for hydroxylation is 1. The number of furan rings is 1. The molecular formula is C11H12N4O3. The quantitative estimate of drug-likeness (QED) is 0.822. The first-order valence-electron chi connectivity index (χ1n) is 5.71. The highest BCUT2D eigenvalue weighted by molar-refractivity contribution is 5.96. The number of fused-ring (bicyclic) bond motifs is 1. The van der Waals surface area contributed by atoms with Crippen molar-refractivity contribution in [2.45, 2.75) is 25.3 Å². The molecule has 3 N–H and O–H groups in total. The minimum absolute atomic E-state index is 0.00396. The molecule has 1 amide bonds. The zero-order valence-corrected chi connectivity index (χ0v) is 9.55. The van der Waals surface area contributed by atoms with E-state index in [2.05, 4.69) is 20.3 Å². The molecule has 0 saturated heterocycles. The number of nitrogens with two attached hydrogens (primary N) is 1. The van der Waals surface area contributed by atoms with Crippen molar-refractivity contribution in [3.63, 3.8) is 0 Å². The first-order valence-corrected chi connectivity index (χ1v) is 5.71. The van der Waals surface area contributed by atoms with Gasteiger partial charge in [-0.05, 0) is 29.2 Å². The number of amides is 1. The number of hydrogen-bond acceptors (Lipinski definition) is 6. The lowest BCUT2D eigenvalue weighted by Crippen LogP contribution is -2.31. The van der Waals surface area contributed by atoms with Crippen LogP contribution in [0.25, 0.3) is 0 Å². The van der Waals surface area contributed by atoms with Crippen LogP contribution >= 0.6 is 0 Å². The molecule has 3 rings (SSSR count). The predicted molar refractivity (Wildman–Crippen MR) is 60.6 cm³/mol. The van der Waals surface area contributed by atoms with E-state index in [1.807, 2.05) is 6.07 Å². The first kappa shape index (κ1) is 10.8. The normalized spacial score (nSPS) is 18.3. The highest BCUT2D eigenvalue weighted by atomic mass is 16.6. The lowest BCUT2D eigenvalue weighted by molar-refractivity contribution is 0.0923. The number of hydrogen-bond donors (Lipinski definition) is 2. The van der Waals surface area contributed by atoms with Crippen LogP contribution in [0.2, 0.25) is 0 Å². The van der Waals surface area contributed by atoms with E-state index in [4.69, 9.17) is 10.2 Å². The van der Waals surface area contributed by atoms with E-state index in [-0.39, 0.29) is 23.5 Å². The Labute approximate surface area is 102 Å². The average Bonchev–Trinajstić information content (AvgIpc) is 2.97. The zero-order valence-electron chi connectivity index (χ0n) is 9.55. The number of nitrogens with one attached hydrogen (secondary N) is 1. The summed E-state index contributed by atoms with van der Waals surface area (Å²) < 4.78 is 9.77. The average molecular weight is 248 g/mol. The fraction of sp³-hybridized carbons (Fsp3) is 0.364. The molecule has 1 unspecified atom stereocenters. The van der Waals surface area contributed by atoms with Crippen LogP contribution < -0.4 is 11.1 Å². The highest BCUT2D eigenvalue weighted by Gasteiger charge is 2.26. The second-order valence-electron chi connectivity index (χ2n) is 4.22. The van der Waals surface area contributed by atoms with Gasteiger partial charge >= 0.3 is 0 Å². The lowest BCUT2D eigenvalue weighted by atomic mass is 9.93. The molecule has 0 fully saturated rings. The molecule has 94 valence electrons. The van der Waals surface area contributed by atoms with Gasteiger partial charge in [0, 0.05) is 12.0 Å². The van der Waals surface area contributed by atoms with Gasteiger partial charge < -0.3 is 15.5 Å². The third-order valence-electron chi connectivity index (χ3n) is 3.09. The van der Waals surface area contributed by atoms with Gasteiger partial charge in [-0.3, -0.25) is 4.79 Å². The Morgan fingerprint density at radius 1 is 1.50 bits per heavy atom. The summed E-state index contributed by atoms with van der Waals surface area (Å²) in [5, 5.41) is 9.72. The van der Waals surface area contributed by atoms with Gasteiger partial charge in [-0.15, -0.1) is 0 Å².